The maximum Gasteiger partial charge on any atom is 0.126 e. The minimum absolute atomic E-state index is 0.191. The Labute approximate surface area is 114 Å². The second-order valence-electron chi connectivity index (χ2n) is 4.61. The quantitative estimate of drug-likeness (QED) is 0.748. The topological polar surface area (TPSA) is 60.0 Å². The van der Waals surface area contributed by atoms with E-state index in [-0.39, 0.29) is 6.61 Å². The van der Waals surface area contributed by atoms with E-state index >= 15 is 0 Å². The molecule has 1 atom stereocenters. The molecule has 2 N–H and O–H groups in total. The summed E-state index contributed by atoms with van der Waals surface area (Å²) in [4.78, 5) is 0. The molecule has 0 saturated carbocycles. The molecule has 1 aromatic carbocycles. The molecule has 108 valence electrons. The average Bonchev–Trinajstić information content (AvgIpc) is 2.42. The lowest BCUT2D eigenvalue weighted by Crippen LogP contribution is -2.42. The van der Waals surface area contributed by atoms with Crippen molar-refractivity contribution in [3.63, 3.8) is 0 Å². The van der Waals surface area contributed by atoms with Crippen LogP contribution in [0.4, 0.5) is 0 Å². The Hall–Kier alpha value is -1.46. The van der Waals surface area contributed by atoms with Gasteiger partial charge in [0.25, 0.3) is 0 Å². The van der Waals surface area contributed by atoms with E-state index in [1.165, 1.54) is 0 Å². The molecule has 0 saturated heterocycles. The number of aliphatic hydroxyl groups is 1. The van der Waals surface area contributed by atoms with Crippen LogP contribution < -0.4 is 19.5 Å². The molecule has 0 bridgehead atoms. The monoisotopic (exact) mass is 269 g/mol. The van der Waals surface area contributed by atoms with Crippen LogP contribution in [0.5, 0.6) is 17.2 Å². The van der Waals surface area contributed by atoms with Gasteiger partial charge in [0.05, 0.1) is 14.2 Å². The third-order valence-corrected chi connectivity index (χ3v) is 2.63. The fourth-order valence-corrected chi connectivity index (χ4v) is 1.55. The first-order chi connectivity index (χ1) is 9.00. The number of hydrogen-bond acceptors (Lipinski definition) is 5. The highest BCUT2D eigenvalue weighted by Gasteiger charge is 2.20. The predicted molar refractivity (Wildman–Crippen MR) is 74.2 cm³/mol. The summed E-state index contributed by atoms with van der Waals surface area (Å²) in [5, 5.41) is 13.2. The highest BCUT2D eigenvalue weighted by molar-refractivity contribution is 5.42. The van der Waals surface area contributed by atoms with Gasteiger partial charge in [-0.3, -0.25) is 0 Å². The standard InChI is InChI=1S/C14H23NO4/c1-5-15-9-14(2,16)10-19-13-7-11(17-3)6-12(8-13)18-4/h6-8,15-16H,5,9-10H2,1-4H3. The van der Waals surface area contributed by atoms with Crippen molar-refractivity contribution in [2.75, 3.05) is 33.9 Å². The normalized spacial score (nSPS) is 13.7. The van der Waals surface area contributed by atoms with Crippen molar-refractivity contribution in [2.45, 2.75) is 19.4 Å². The van der Waals surface area contributed by atoms with E-state index in [0.29, 0.717) is 23.8 Å². The summed E-state index contributed by atoms with van der Waals surface area (Å²) in [5.74, 6) is 1.91. The zero-order valence-electron chi connectivity index (χ0n) is 12.0. The molecule has 0 aliphatic rings. The van der Waals surface area contributed by atoms with E-state index in [1.54, 1.807) is 39.3 Å². The van der Waals surface area contributed by atoms with Crippen LogP contribution in [0.1, 0.15) is 13.8 Å². The van der Waals surface area contributed by atoms with Gasteiger partial charge in [-0.05, 0) is 13.5 Å². The van der Waals surface area contributed by atoms with Crippen molar-refractivity contribution < 1.29 is 19.3 Å². The van der Waals surface area contributed by atoms with Crippen LogP contribution in [-0.2, 0) is 0 Å². The van der Waals surface area contributed by atoms with Crippen LogP contribution in [0, 0.1) is 0 Å². The smallest absolute Gasteiger partial charge is 0.126 e. The summed E-state index contributed by atoms with van der Waals surface area (Å²) in [5.41, 5.74) is -0.924. The van der Waals surface area contributed by atoms with Crippen LogP contribution in [0.15, 0.2) is 18.2 Å². The Kier molecular flexibility index (Phi) is 5.92. The van der Waals surface area contributed by atoms with Crippen LogP contribution in [0.3, 0.4) is 0 Å². The number of benzene rings is 1. The average molecular weight is 269 g/mol. The van der Waals surface area contributed by atoms with Gasteiger partial charge in [-0.25, -0.2) is 0 Å². The molecule has 0 heterocycles. The van der Waals surface area contributed by atoms with Gasteiger partial charge in [0, 0.05) is 24.7 Å². The van der Waals surface area contributed by atoms with Crippen LogP contribution >= 0.6 is 0 Å². The lowest BCUT2D eigenvalue weighted by Gasteiger charge is -2.23. The fraction of sp³-hybridized carbons (Fsp3) is 0.571. The Bertz CT molecular complexity index is 371. The highest BCUT2D eigenvalue weighted by atomic mass is 16.5. The highest BCUT2D eigenvalue weighted by Crippen LogP contribution is 2.27. The van der Waals surface area contributed by atoms with Gasteiger partial charge in [-0.15, -0.1) is 0 Å². The number of ether oxygens (including phenoxy) is 3. The molecule has 0 aromatic heterocycles. The number of likely N-dealkylation sites (N-methyl/N-ethyl adjacent to an activating group) is 1. The third-order valence-electron chi connectivity index (χ3n) is 2.63. The second-order valence-corrected chi connectivity index (χ2v) is 4.61. The maximum atomic E-state index is 10.1. The first kappa shape index (κ1) is 15.6. The molecule has 0 spiro atoms. The Morgan fingerprint density at radius 1 is 1.11 bits per heavy atom. The predicted octanol–water partition coefficient (Wildman–Crippen LogP) is 1.44. The van der Waals surface area contributed by atoms with Crippen LogP contribution in [0.2, 0.25) is 0 Å². The van der Waals surface area contributed by atoms with Crippen molar-refractivity contribution in [1.29, 1.82) is 0 Å². The molecule has 1 rings (SSSR count). The lowest BCUT2D eigenvalue weighted by atomic mass is 10.1. The molecular weight excluding hydrogens is 246 g/mol. The summed E-state index contributed by atoms with van der Waals surface area (Å²) < 4.78 is 15.9. The summed E-state index contributed by atoms with van der Waals surface area (Å²) in [7, 11) is 3.17. The summed E-state index contributed by atoms with van der Waals surface area (Å²) in [6.45, 7) is 5.20. The van der Waals surface area contributed by atoms with Gasteiger partial charge in [-0.1, -0.05) is 6.92 Å². The molecule has 5 nitrogen and oxygen atoms in total. The van der Waals surface area contributed by atoms with E-state index in [4.69, 9.17) is 14.2 Å². The molecule has 5 heteroatoms. The molecule has 0 aliphatic heterocycles. The summed E-state index contributed by atoms with van der Waals surface area (Å²) >= 11 is 0. The first-order valence-corrected chi connectivity index (χ1v) is 6.29. The molecule has 19 heavy (non-hydrogen) atoms. The minimum atomic E-state index is -0.924. The Morgan fingerprint density at radius 3 is 2.11 bits per heavy atom. The van der Waals surface area contributed by atoms with E-state index in [9.17, 15) is 5.11 Å². The van der Waals surface area contributed by atoms with Gasteiger partial charge in [0.1, 0.15) is 29.5 Å². The summed E-state index contributed by atoms with van der Waals surface area (Å²) in [6.07, 6.45) is 0. The third kappa shape index (κ3) is 5.36. The molecular formula is C14H23NO4. The van der Waals surface area contributed by atoms with Gasteiger partial charge in [0.15, 0.2) is 0 Å². The maximum absolute atomic E-state index is 10.1. The van der Waals surface area contributed by atoms with E-state index < -0.39 is 5.60 Å². The van der Waals surface area contributed by atoms with Crippen molar-refractivity contribution in [3.8, 4) is 17.2 Å². The van der Waals surface area contributed by atoms with Gasteiger partial charge in [0.2, 0.25) is 0 Å². The van der Waals surface area contributed by atoms with Crippen molar-refractivity contribution >= 4 is 0 Å². The molecule has 0 radical (unpaired) electrons. The van der Waals surface area contributed by atoms with Gasteiger partial charge in [-0.2, -0.15) is 0 Å². The molecule has 0 fully saturated rings. The largest absolute Gasteiger partial charge is 0.496 e. The Morgan fingerprint density at radius 2 is 1.63 bits per heavy atom. The number of nitrogens with one attached hydrogen (secondary N) is 1. The number of hydrogen-bond donors (Lipinski definition) is 2. The molecule has 0 aliphatic carbocycles. The van der Waals surface area contributed by atoms with Gasteiger partial charge >= 0.3 is 0 Å². The van der Waals surface area contributed by atoms with Crippen LogP contribution in [-0.4, -0.2) is 44.6 Å². The van der Waals surface area contributed by atoms with E-state index in [0.717, 1.165) is 6.54 Å². The second kappa shape index (κ2) is 7.21. The zero-order chi connectivity index (χ0) is 14.3. The number of rotatable bonds is 8. The molecule has 0 amide bonds. The molecule has 1 aromatic rings. The van der Waals surface area contributed by atoms with Crippen LogP contribution in [0.25, 0.3) is 0 Å². The lowest BCUT2D eigenvalue weighted by molar-refractivity contribution is 0.0126. The van der Waals surface area contributed by atoms with Gasteiger partial charge < -0.3 is 24.6 Å². The SMILES string of the molecule is CCNCC(C)(O)COc1cc(OC)cc(OC)c1. The summed E-state index contributed by atoms with van der Waals surface area (Å²) in [6, 6.07) is 5.28. The zero-order valence-corrected chi connectivity index (χ0v) is 12.0. The van der Waals surface area contributed by atoms with E-state index in [2.05, 4.69) is 5.32 Å². The fourth-order valence-electron chi connectivity index (χ4n) is 1.55. The Balaban J connectivity index is 2.66. The van der Waals surface area contributed by atoms with Crippen molar-refractivity contribution in [1.82, 2.24) is 5.32 Å². The van der Waals surface area contributed by atoms with Crippen molar-refractivity contribution in [3.05, 3.63) is 18.2 Å². The van der Waals surface area contributed by atoms with Crippen molar-refractivity contribution in [2.24, 2.45) is 0 Å². The minimum Gasteiger partial charge on any atom is -0.496 e. The number of methoxy groups -OCH3 is 2. The first-order valence-electron chi connectivity index (χ1n) is 6.29. The molecule has 1 unspecified atom stereocenters. The van der Waals surface area contributed by atoms with E-state index in [1.807, 2.05) is 6.92 Å².